The number of nitrogens with zero attached hydrogens (tertiary/aromatic N) is 2. The van der Waals surface area contributed by atoms with E-state index in [4.69, 9.17) is 4.74 Å². The molecule has 6 heteroatoms. The van der Waals surface area contributed by atoms with E-state index in [0.717, 1.165) is 29.8 Å². The molecular weight excluding hydrogens is 262 g/mol. The van der Waals surface area contributed by atoms with Crippen LogP contribution in [0, 0.1) is 0 Å². The van der Waals surface area contributed by atoms with E-state index in [1.165, 1.54) is 7.11 Å². The number of carbonyl (C=O) groups excluding carboxylic acids is 1. The molecule has 15 heavy (non-hydrogen) atoms. The summed E-state index contributed by atoms with van der Waals surface area (Å²) in [6.07, 6.45) is 3.32. The van der Waals surface area contributed by atoms with Gasteiger partial charge in [0.25, 0.3) is 0 Å². The smallest absolute Gasteiger partial charge is 0.410 e. The van der Waals surface area contributed by atoms with Gasteiger partial charge in [0.15, 0.2) is 0 Å². The third kappa shape index (κ3) is 1.99. The number of hydrogen-bond donors (Lipinski definition) is 1. The average Bonchev–Trinajstić information content (AvgIpc) is 2.84. The summed E-state index contributed by atoms with van der Waals surface area (Å²) in [5, 5.41) is 0. The monoisotopic (exact) mass is 273 g/mol. The van der Waals surface area contributed by atoms with Crippen molar-refractivity contribution in [2.75, 3.05) is 13.7 Å². The minimum Gasteiger partial charge on any atom is -0.453 e. The maximum absolute atomic E-state index is 11.5. The number of H-pyrrole nitrogens is 1. The summed E-state index contributed by atoms with van der Waals surface area (Å²) in [4.78, 5) is 20.5. The lowest BCUT2D eigenvalue weighted by Crippen LogP contribution is -2.30. The highest BCUT2D eigenvalue weighted by Crippen LogP contribution is 2.30. The molecule has 5 nitrogen and oxygen atoms in total. The maximum Gasteiger partial charge on any atom is 0.410 e. The molecule has 0 radical (unpaired) electrons. The largest absolute Gasteiger partial charge is 0.453 e. The number of imidazole rings is 1. The van der Waals surface area contributed by atoms with E-state index < -0.39 is 0 Å². The number of ether oxygens (including phenoxy) is 1. The van der Waals surface area contributed by atoms with Crippen molar-refractivity contribution < 1.29 is 9.53 Å². The zero-order valence-electron chi connectivity index (χ0n) is 8.36. The van der Waals surface area contributed by atoms with Crippen LogP contribution in [0.2, 0.25) is 0 Å². The first-order valence-corrected chi connectivity index (χ1v) is 5.56. The van der Waals surface area contributed by atoms with Gasteiger partial charge in [-0.3, -0.25) is 4.90 Å². The predicted molar refractivity (Wildman–Crippen MR) is 57.4 cm³/mol. The van der Waals surface area contributed by atoms with Gasteiger partial charge >= 0.3 is 6.09 Å². The predicted octanol–water partition coefficient (Wildman–Crippen LogP) is 2.08. The quantitative estimate of drug-likeness (QED) is 0.852. The number of rotatable bonds is 1. The van der Waals surface area contributed by atoms with Crippen molar-refractivity contribution in [2.45, 2.75) is 18.9 Å². The van der Waals surface area contributed by atoms with Crippen LogP contribution in [0.5, 0.6) is 0 Å². The fraction of sp³-hybridized carbons (Fsp3) is 0.556. The Morgan fingerprint density at radius 3 is 3.20 bits per heavy atom. The van der Waals surface area contributed by atoms with Gasteiger partial charge < -0.3 is 9.72 Å². The Bertz CT molecular complexity index is 366. The van der Waals surface area contributed by atoms with Gasteiger partial charge in [0, 0.05) is 6.54 Å². The van der Waals surface area contributed by atoms with Crippen molar-refractivity contribution in [1.82, 2.24) is 14.9 Å². The van der Waals surface area contributed by atoms with Gasteiger partial charge in [0.2, 0.25) is 0 Å². The number of carbonyl (C=O) groups is 1. The van der Waals surface area contributed by atoms with Crippen LogP contribution >= 0.6 is 15.9 Å². The second-order valence-corrected chi connectivity index (χ2v) is 4.29. The molecule has 1 saturated heterocycles. The Hall–Kier alpha value is -1.04. The highest BCUT2D eigenvalue weighted by Gasteiger charge is 2.32. The Labute approximate surface area is 95.9 Å². The minimum absolute atomic E-state index is 0.0174. The van der Waals surface area contributed by atoms with E-state index in [1.807, 2.05) is 0 Å². The number of methoxy groups -OCH3 is 1. The lowest BCUT2D eigenvalue weighted by atomic mass is 10.2. The second-order valence-electron chi connectivity index (χ2n) is 3.44. The van der Waals surface area contributed by atoms with Crippen LogP contribution in [-0.2, 0) is 4.74 Å². The van der Waals surface area contributed by atoms with Gasteiger partial charge in [-0.15, -0.1) is 0 Å². The number of amides is 1. The van der Waals surface area contributed by atoms with Crippen LogP contribution in [-0.4, -0.2) is 34.6 Å². The summed E-state index contributed by atoms with van der Waals surface area (Å²) in [7, 11) is 1.40. The molecule has 1 unspecified atom stereocenters. The number of hydrogen-bond acceptors (Lipinski definition) is 3. The SMILES string of the molecule is COC(=O)N1CCCC1c1ncc(Br)[nH]1. The van der Waals surface area contributed by atoms with Crippen LogP contribution in [0.3, 0.4) is 0 Å². The van der Waals surface area contributed by atoms with E-state index in [9.17, 15) is 4.79 Å². The van der Waals surface area contributed by atoms with Crippen molar-refractivity contribution in [3.05, 3.63) is 16.6 Å². The van der Waals surface area contributed by atoms with Gasteiger partial charge in [-0.25, -0.2) is 9.78 Å². The first-order chi connectivity index (χ1) is 7.22. The van der Waals surface area contributed by atoms with E-state index in [1.54, 1.807) is 11.1 Å². The first-order valence-electron chi connectivity index (χ1n) is 4.77. The minimum atomic E-state index is -0.287. The molecule has 2 rings (SSSR count). The van der Waals surface area contributed by atoms with Gasteiger partial charge in [-0.05, 0) is 28.8 Å². The molecule has 82 valence electrons. The van der Waals surface area contributed by atoms with Crippen LogP contribution < -0.4 is 0 Å². The molecule has 1 fully saturated rings. The van der Waals surface area contributed by atoms with Gasteiger partial charge in [-0.1, -0.05) is 0 Å². The fourth-order valence-electron chi connectivity index (χ4n) is 1.87. The third-order valence-electron chi connectivity index (χ3n) is 2.54. The lowest BCUT2D eigenvalue weighted by Gasteiger charge is -2.21. The van der Waals surface area contributed by atoms with Crippen LogP contribution in [0.15, 0.2) is 10.8 Å². The van der Waals surface area contributed by atoms with Crippen molar-refractivity contribution in [3.63, 3.8) is 0 Å². The van der Waals surface area contributed by atoms with Crippen LogP contribution in [0.4, 0.5) is 4.79 Å². The summed E-state index contributed by atoms with van der Waals surface area (Å²) in [6.45, 7) is 0.732. The molecule has 0 bridgehead atoms. The van der Waals surface area contributed by atoms with Gasteiger partial charge in [0.05, 0.1) is 19.3 Å². The van der Waals surface area contributed by atoms with Crippen molar-refractivity contribution >= 4 is 22.0 Å². The van der Waals surface area contributed by atoms with Gasteiger partial charge in [-0.2, -0.15) is 0 Å². The Morgan fingerprint density at radius 2 is 2.60 bits per heavy atom. The molecule has 1 amide bonds. The first kappa shape index (κ1) is 10.5. The number of likely N-dealkylation sites (tertiary alicyclic amines) is 1. The number of aromatic amines is 1. The van der Waals surface area contributed by atoms with Gasteiger partial charge in [0.1, 0.15) is 10.4 Å². The zero-order valence-corrected chi connectivity index (χ0v) is 9.95. The van der Waals surface area contributed by atoms with E-state index in [-0.39, 0.29) is 12.1 Å². The molecule has 1 N–H and O–H groups in total. The second kappa shape index (κ2) is 4.22. The Balaban J connectivity index is 2.18. The lowest BCUT2D eigenvalue weighted by molar-refractivity contribution is 0.117. The summed E-state index contributed by atoms with van der Waals surface area (Å²) in [5.41, 5.74) is 0. The maximum atomic E-state index is 11.5. The van der Waals surface area contributed by atoms with Crippen LogP contribution in [0.1, 0.15) is 24.7 Å². The number of halogens is 1. The topological polar surface area (TPSA) is 58.2 Å². The number of nitrogens with one attached hydrogen (secondary N) is 1. The molecular formula is C9H12BrN3O2. The van der Waals surface area contributed by atoms with E-state index >= 15 is 0 Å². The molecule has 0 aromatic carbocycles. The molecule has 1 aromatic heterocycles. The molecule has 1 aliphatic rings. The molecule has 0 spiro atoms. The highest BCUT2D eigenvalue weighted by atomic mass is 79.9. The van der Waals surface area contributed by atoms with Crippen LogP contribution in [0.25, 0.3) is 0 Å². The third-order valence-corrected chi connectivity index (χ3v) is 2.95. The average molecular weight is 274 g/mol. The Kier molecular flexibility index (Phi) is 2.95. The molecule has 0 saturated carbocycles. The molecule has 1 aromatic rings. The standard InChI is InChI=1S/C9H12BrN3O2/c1-15-9(14)13-4-2-3-6(13)8-11-5-7(10)12-8/h5-6H,2-4H2,1H3,(H,11,12). The molecule has 0 aliphatic carbocycles. The summed E-state index contributed by atoms with van der Waals surface area (Å²) in [5.74, 6) is 0.810. The Morgan fingerprint density at radius 1 is 1.80 bits per heavy atom. The molecule has 1 aliphatic heterocycles. The van der Waals surface area contributed by atoms with E-state index in [0.29, 0.717) is 0 Å². The fourth-order valence-corrected chi connectivity index (χ4v) is 2.17. The van der Waals surface area contributed by atoms with Crippen molar-refractivity contribution in [2.24, 2.45) is 0 Å². The van der Waals surface area contributed by atoms with Crippen molar-refractivity contribution in [3.8, 4) is 0 Å². The molecule has 2 heterocycles. The molecule has 1 atom stereocenters. The normalized spacial score (nSPS) is 20.7. The number of aromatic nitrogens is 2. The summed E-state index contributed by atoms with van der Waals surface area (Å²) < 4.78 is 5.55. The van der Waals surface area contributed by atoms with E-state index in [2.05, 4.69) is 25.9 Å². The zero-order chi connectivity index (χ0) is 10.8. The highest BCUT2D eigenvalue weighted by molar-refractivity contribution is 9.10. The van der Waals surface area contributed by atoms with Crippen molar-refractivity contribution in [1.29, 1.82) is 0 Å². The summed E-state index contributed by atoms with van der Waals surface area (Å²) >= 11 is 3.30. The summed E-state index contributed by atoms with van der Waals surface area (Å²) in [6, 6.07) is 0.0174.